The minimum absolute atomic E-state index is 0.201. The van der Waals surface area contributed by atoms with E-state index in [-0.39, 0.29) is 11.4 Å². The molecule has 7 heteroatoms. The fraction of sp³-hybridized carbons (Fsp3) is 0.308. The number of rotatable bonds is 6. The molecule has 6 nitrogen and oxygen atoms in total. The molecule has 1 aromatic heterocycles. The topological polar surface area (TPSA) is 101 Å². The summed E-state index contributed by atoms with van der Waals surface area (Å²) < 4.78 is 27.0. The molecule has 0 bridgehead atoms. The predicted molar refractivity (Wildman–Crippen MR) is 76.3 cm³/mol. The Balaban J connectivity index is 2.20. The van der Waals surface area contributed by atoms with Crippen molar-refractivity contribution in [1.82, 2.24) is 14.9 Å². The molecule has 0 saturated carbocycles. The summed E-state index contributed by atoms with van der Waals surface area (Å²) in [5.41, 5.74) is 8.37. The van der Waals surface area contributed by atoms with Crippen LogP contribution in [-0.4, -0.2) is 18.6 Å². The molecule has 0 fully saturated rings. The molecule has 2 rings (SSSR count). The maximum absolute atomic E-state index is 12.2. The number of nitrogens with two attached hydrogens (primary N) is 1. The van der Waals surface area contributed by atoms with Crippen LogP contribution in [0.5, 0.6) is 0 Å². The summed E-state index contributed by atoms with van der Waals surface area (Å²) in [4.78, 5) is 0.235. The highest BCUT2D eigenvalue weighted by molar-refractivity contribution is 7.89. The van der Waals surface area contributed by atoms with Gasteiger partial charge in [-0.1, -0.05) is 13.0 Å². The molecule has 108 valence electrons. The van der Waals surface area contributed by atoms with Crippen LogP contribution in [0.25, 0.3) is 0 Å². The molecule has 0 spiro atoms. The van der Waals surface area contributed by atoms with Crippen molar-refractivity contribution in [2.75, 3.05) is 0 Å². The Bertz CT molecular complexity index is 666. The molecule has 1 aromatic carbocycles. The van der Waals surface area contributed by atoms with Crippen molar-refractivity contribution >= 4 is 10.0 Å². The number of hydrogen-bond acceptors (Lipinski definition) is 4. The third-order valence-corrected chi connectivity index (χ3v) is 4.51. The fourth-order valence-corrected chi connectivity index (χ4v) is 3.01. The van der Waals surface area contributed by atoms with E-state index in [9.17, 15) is 8.42 Å². The highest BCUT2D eigenvalue weighted by Gasteiger charge is 2.15. The number of hydrogen-bond donors (Lipinski definition) is 3. The van der Waals surface area contributed by atoms with Crippen LogP contribution < -0.4 is 10.5 Å². The second kappa shape index (κ2) is 6.17. The third-order valence-electron chi connectivity index (χ3n) is 3.11. The van der Waals surface area contributed by atoms with Gasteiger partial charge in [0.2, 0.25) is 10.0 Å². The summed E-state index contributed by atoms with van der Waals surface area (Å²) >= 11 is 0. The van der Waals surface area contributed by atoms with Gasteiger partial charge in [-0.25, -0.2) is 13.1 Å². The van der Waals surface area contributed by atoms with Gasteiger partial charge in [-0.3, -0.25) is 5.10 Å². The Hall–Kier alpha value is -1.70. The molecule has 4 N–H and O–H groups in total. The number of H-pyrrole nitrogens is 1. The highest BCUT2D eigenvalue weighted by Crippen LogP contribution is 2.16. The van der Waals surface area contributed by atoms with E-state index in [2.05, 4.69) is 14.9 Å². The summed E-state index contributed by atoms with van der Waals surface area (Å²) in [5, 5.41) is 6.41. The van der Waals surface area contributed by atoms with Crippen molar-refractivity contribution in [2.45, 2.75) is 31.3 Å². The zero-order chi connectivity index (χ0) is 14.6. The SMILES string of the molecule is CCc1ccc(S(=O)(=O)NCc2cn[nH]c2)cc1CN. The first kappa shape index (κ1) is 14.7. The Morgan fingerprint density at radius 3 is 2.75 bits per heavy atom. The number of nitrogens with zero attached hydrogens (tertiary/aromatic N) is 1. The average molecular weight is 294 g/mol. The van der Waals surface area contributed by atoms with Gasteiger partial charge in [0.25, 0.3) is 0 Å². The largest absolute Gasteiger partial charge is 0.326 e. The first-order valence-electron chi connectivity index (χ1n) is 6.36. The van der Waals surface area contributed by atoms with Gasteiger partial charge in [0.05, 0.1) is 11.1 Å². The zero-order valence-corrected chi connectivity index (χ0v) is 12.1. The molecule has 0 atom stereocenters. The molecule has 0 radical (unpaired) electrons. The molecule has 1 heterocycles. The van der Waals surface area contributed by atoms with Crippen molar-refractivity contribution in [3.63, 3.8) is 0 Å². The number of sulfonamides is 1. The van der Waals surface area contributed by atoms with E-state index in [1.165, 1.54) is 0 Å². The van der Waals surface area contributed by atoms with Crippen LogP contribution in [0.2, 0.25) is 0 Å². The highest BCUT2D eigenvalue weighted by atomic mass is 32.2. The standard InChI is InChI=1S/C13H18N4O2S/c1-2-11-3-4-13(5-12(11)6-14)20(18,19)17-9-10-7-15-16-8-10/h3-5,7-8,17H,2,6,9,14H2,1H3,(H,15,16). The zero-order valence-electron chi connectivity index (χ0n) is 11.3. The summed E-state index contributed by atoms with van der Waals surface area (Å²) in [6.07, 6.45) is 4.05. The summed E-state index contributed by atoms with van der Waals surface area (Å²) in [6, 6.07) is 5.06. The summed E-state index contributed by atoms with van der Waals surface area (Å²) in [6.45, 7) is 2.54. The van der Waals surface area contributed by atoms with Crippen molar-refractivity contribution < 1.29 is 8.42 Å². The van der Waals surface area contributed by atoms with Crippen LogP contribution in [0, 0.1) is 0 Å². The van der Waals surface area contributed by atoms with E-state index >= 15 is 0 Å². The van der Waals surface area contributed by atoms with Crippen LogP contribution in [0.4, 0.5) is 0 Å². The van der Waals surface area contributed by atoms with Gasteiger partial charge >= 0.3 is 0 Å². The number of aromatic nitrogens is 2. The van der Waals surface area contributed by atoms with Crippen molar-refractivity contribution in [1.29, 1.82) is 0 Å². The molecule has 2 aromatic rings. The first-order chi connectivity index (χ1) is 9.56. The van der Waals surface area contributed by atoms with Gasteiger partial charge in [0.15, 0.2) is 0 Å². The Morgan fingerprint density at radius 1 is 1.35 bits per heavy atom. The number of aryl methyl sites for hydroxylation is 1. The van der Waals surface area contributed by atoms with E-state index in [1.807, 2.05) is 13.0 Å². The molecule has 0 aliphatic carbocycles. The molecule has 0 aliphatic heterocycles. The quantitative estimate of drug-likeness (QED) is 0.737. The van der Waals surface area contributed by atoms with Crippen molar-refractivity contribution in [3.8, 4) is 0 Å². The summed E-state index contributed by atoms with van der Waals surface area (Å²) in [5.74, 6) is 0. The monoisotopic (exact) mass is 294 g/mol. The van der Waals surface area contributed by atoms with Gasteiger partial charge in [-0.2, -0.15) is 5.10 Å². The van der Waals surface area contributed by atoms with Gasteiger partial charge in [0.1, 0.15) is 0 Å². The Labute approximate surface area is 118 Å². The van der Waals surface area contributed by atoms with Crippen LogP contribution in [0.15, 0.2) is 35.5 Å². The minimum Gasteiger partial charge on any atom is -0.326 e. The molecule has 0 aliphatic rings. The van der Waals surface area contributed by atoms with Gasteiger partial charge in [0, 0.05) is 24.8 Å². The van der Waals surface area contributed by atoms with Crippen LogP contribution in [-0.2, 0) is 29.5 Å². The van der Waals surface area contributed by atoms with E-state index in [4.69, 9.17) is 5.73 Å². The van der Waals surface area contributed by atoms with E-state index < -0.39 is 10.0 Å². The lowest BCUT2D eigenvalue weighted by Gasteiger charge is -2.10. The van der Waals surface area contributed by atoms with E-state index in [1.54, 1.807) is 24.5 Å². The van der Waals surface area contributed by atoms with Crippen LogP contribution in [0.3, 0.4) is 0 Å². The normalized spacial score (nSPS) is 11.7. The average Bonchev–Trinajstić information content (AvgIpc) is 2.97. The smallest absolute Gasteiger partial charge is 0.240 e. The van der Waals surface area contributed by atoms with Crippen molar-refractivity contribution in [3.05, 3.63) is 47.3 Å². The number of benzene rings is 1. The number of aromatic amines is 1. The predicted octanol–water partition coefficient (Wildman–Crippen LogP) is 0.909. The Kier molecular flexibility index (Phi) is 4.53. The fourth-order valence-electron chi connectivity index (χ4n) is 1.94. The maximum atomic E-state index is 12.2. The molecule has 0 saturated heterocycles. The lowest BCUT2D eigenvalue weighted by molar-refractivity contribution is 0.581. The van der Waals surface area contributed by atoms with E-state index in [0.29, 0.717) is 6.54 Å². The molecule has 0 unspecified atom stereocenters. The van der Waals surface area contributed by atoms with Gasteiger partial charge in [-0.15, -0.1) is 0 Å². The number of nitrogens with one attached hydrogen (secondary N) is 2. The second-order valence-corrected chi connectivity index (χ2v) is 6.19. The van der Waals surface area contributed by atoms with E-state index in [0.717, 1.165) is 23.1 Å². The van der Waals surface area contributed by atoms with Gasteiger partial charge < -0.3 is 5.73 Å². The van der Waals surface area contributed by atoms with Crippen molar-refractivity contribution in [2.24, 2.45) is 5.73 Å². The molecule has 0 amide bonds. The Morgan fingerprint density at radius 2 is 2.15 bits per heavy atom. The summed E-state index contributed by atoms with van der Waals surface area (Å²) in [7, 11) is -3.54. The molecular weight excluding hydrogens is 276 g/mol. The second-order valence-electron chi connectivity index (χ2n) is 4.42. The van der Waals surface area contributed by atoms with Gasteiger partial charge in [-0.05, 0) is 29.7 Å². The maximum Gasteiger partial charge on any atom is 0.240 e. The minimum atomic E-state index is -3.54. The lowest BCUT2D eigenvalue weighted by atomic mass is 10.1. The van der Waals surface area contributed by atoms with Crippen LogP contribution >= 0.6 is 0 Å². The molecule has 20 heavy (non-hydrogen) atoms. The lowest BCUT2D eigenvalue weighted by Crippen LogP contribution is -2.23. The third kappa shape index (κ3) is 3.24. The first-order valence-corrected chi connectivity index (χ1v) is 7.84. The molecular formula is C13H18N4O2S. The van der Waals surface area contributed by atoms with Crippen LogP contribution in [0.1, 0.15) is 23.6 Å².